The van der Waals surface area contributed by atoms with Gasteiger partial charge in [0.25, 0.3) is 11.8 Å². The molecule has 3 amide bonds. The highest BCUT2D eigenvalue weighted by molar-refractivity contribution is 7.91. The Morgan fingerprint density at radius 3 is 2.35 bits per heavy atom. The number of amides is 3. The van der Waals surface area contributed by atoms with E-state index in [4.69, 9.17) is 13.9 Å². The van der Waals surface area contributed by atoms with Crippen LogP contribution in [0.5, 0.6) is 5.75 Å². The summed E-state index contributed by atoms with van der Waals surface area (Å²) in [5.74, 6) is -7.29. The van der Waals surface area contributed by atoms with Crippen LogP contribution in [0.4, 0.5) is 37.2 Å². The Bertz CT molecular complexity index is 2230. The summed E-state index contributed by atoms with van der Waals surface area (Å²) in [5, 5.41) is 10.3. The van der Waals surface area contributed by atoms with Crippen molar-refractivity contribution in [1.29, 1.82) is 0 Å². The van der Waals surface area contributed by atoms with Crippen LogP contribution < -0.4 is 15.0 Å². The molecule has 6 rings (SSSR count). The van der Waals surface area contributed by atoms with Gasteiger partial charge in [0, 0.05) is 18.5 Å². The van der Waals surface area contributed by atoms with Crippen LogP contribution in [-0.2, 0) is 37.3 Å². The quantitative estimate of drug-likeness (QED) is 0.190. The highest BCUT2D eigenvalue weighted by Crippen LogP contribution is 2.39. The SMILES string of the molecule is CC(C)(C)OC(=O)N[C@H]1CS(=O)(=O)c2ccc(-c3nnc(C4CN(C(=O)OCc5ccccc5)CC(F)(F)C4)o3)cc2N(Cc2ccc(OC(F)(F)F)cc2)C1=O. The Balaban J connectivity index is 1.30. The largest absolute Gasteiger partial charge is 0.573 e. The van der Waals surface area contributed by atoms with E-state index in [1.54, 1.807) is 51.1 Å². The first kappa shape index (κ1) is 40.9. The molecule has 1 fully saturated rings. The molecule has 2 aliphatic rings. The number of piperidine rings is 1. The molecule has 1 aromatic heterocycles. The van der Waals surface area contributed by atoms with Crippen LogP contribution in [0.15, 0.2) is 82.1 Å². The van der Waals surface area contributed by atoms with Gasteiger partial charge in [0.1, 0.15) is 24.0 Å². The summed E-state index contributed by atoms with van der Waals surface area (Å²) >= 11 is 0. The van der Waals surface area contributed by atoms with E-state index in [2.05, 4.69) is 20.3 Å². The third kappa shape index (κ3) is 10.3. The molecule has 1 N–H and O–H groups in total. The summed E-state index contributed by atoms with van der Waals surface area (Å²) in [6.07, 6.45) is -7.75. The number of fused-ring (bicyclic) bond motifs is 1. The minimum Gasteiger partial charge on any atom is -0.445 e. The number of alkyl halides is 5. The molecule has 1 saturated heterocycles. The Morgan fingerprint density at radius 2 is 1.68 bits per heavy atom. The van der Waals surface area contributed by atoms with Crippen LogP contribution in [0, 0.1) is 0 Å². The molecule has 0 bridgehead atoms. The van der Waals surface area contributed by atoms with E-state index in [1.165, 1.54) is 30.3 Å². The summed E-state index contributed by atoms with van der Waals surface area (Å²) in [6, 6.07) is 15.2. The van der Waals surface area contributed by atoms with E-state index in [-0.39, 0.29) is 46.6 Å². The summed E-state index contributed by atoms with van der Waals surface area (Å²) in [4.78, 5) is 41.2. The zero-order valence-electron chi connectivity index (χ0n) is 30.6. The molecule has 57 heavy (non-hydrogen) atoms. The van der Waals surface area contributed by atoms with Crippen LogP contribution >= 0.6 is 0 Å². The predicted octanol–water partition coefficient (Wildman–Crippen LogP) is 6.61. The molecule has 1 unspecified atom stereocenters. The number of aromatic nitrogens is 2. The van der Waals surface area contributed by atoms with Crippen LogP contribution in [0.1, 0.15) is 50.1 Å². The van der Waals surface area contributed by atoms with Gasteiger partial charge in [-0.3, -0.25) is 4.79 Å². The number of ether oxygens (including phenoxy) is 3. The van der Waals surface area contributed by atoms with Crippen LogP contribution in [0.2, 0.25) is 0 Å². The summed E-state index contributed by atoms with van der Waals surface area (Å²) in [7, 11) is -4.34. The van der Waals surface area contributed by atoms with E-state index in [0.717, 1.165) is 21.9 Å². The zero-order valence-corrected chi connectivity index (χ0v) is 31.4. The smallest absolute Gasteiger partial charge is 0.445 e. The molecule has 20 heteroatoms. The molecule has 2 aliphatic heterocycles. The summed E-state index contributed by atoms with van der Waals surface area (Å²) in [5.41, 5.74) is -0.248. The van der Waals surface area contributed by atoms with Gasteiger partial charge in [-0.25, -0.2) is 26.8 Å². The van der Waals surface area contributed by atoms with Crippen LogP contribution in [0.3, 0.4) is 0 Å². The van der Waals surface area contributed by atoms with Gasteiger partial charge in [-0.05, 0) is 62.2 Å². The highest BCUT2D eigenvalue weighted by Gasteiger charge is 2.45. The molecule has 304 valence electrons. The molecule has 0 spiro atoms. The van der Waals surface area contributed by atoms with Gasteiger partial charge >= 0.3 is 18.5 Å². The maximum absolute atomic E-state index is 15.0. The number of sulfone groups is 1. The number of benzene rings is 3. The number of nitrogens with zero attached hydrogens (tertiary/aromatic N) is 4. The minimum atomic E-state index is -4.97. The lowest BCUT2D eigenvalue weighted by molar-refractivity contribution is -0.274. The first-order chi connectivity index (χ1) is 26.6. The topological polar surface area (TPSA) is 170 Å². The molecular formula is C37H36F5N5O9S. The van der Waals surface area contributed by atoms with Gasteiger partial charge in [0.05, 0.1) is 35.3 Å². The Kier molecular flexibility index (Phi) is 11.2. The highest BCUT2D eigenvalue weighted by atomic mass is 32.2. The van der Waals surface area contributed by atoms with E-state index >= 15 is 0 Å². The van der Waals surface area contributed by atoms with Crippen LogP contribution in [-0.4, -0.2) is 84.4 Å². The second-order valence-electron chi connectivity index (χ2n) is 14.4. The average Bonchev–Trinajstić information content (AvgIpc) is 3.59. The van der Waals surface area contributed by atoms with E-state index in [1.807, 2.05) is 0 Å². The average molecular weight is 822 g/mol. The lowest BCUT2D eigenvalue weighted by atomic mass is 9.95. The number of halogens is 5. The van der Waals surface area contributed by atoms with Gasteiger partial charge in [-0.2, -0.15) is 0 Å². The maximum atomic E-state index is 15.0. The maximum Gasteiger partial charge on any atom is 0.573 e. The standard InChI is InChI=1S/C37H36F5N5O9S/c1-35(2,3)56-33(49)43-27-20-57(51,52)29-14-11-24(15-28(29)47(32(27)48)17-22-9-12-26(13-10-22)55-37(40,41)42)30-44-45-31(54-30)25-16-36(38,39)21-46(18-25)34(50)53-19-23-7-5-4-6-8-23/h4-15,25,27H,16-21H2,1-3H3,(H,43,49)/t25?,27-/m0/s1. The van der Waals surface area contributed by atoms with Gasteiger partial charge < -0.3 is 33.7 Å². The fourth-order valence-electron chi connectivity index (χ4n) is 6.24. The Labute approximate surface area is 322 Å². The normalized spacial score (nSPS) is 19.3. The Hall–Kier alpha value is -5.79. The number of alkyl carbamates (subject to hydrolysis) is 1. The first-order valence-electron chi connectivity index (χ1n) is 17.3. The zero-order chi connectivity index (χ0) is 41.3. The van der Waals surface area contributed by atoms with Crippen molar-refractivity contribution in [3.8, 4) is 17.2 Å². The lowest BCUT2D eigenvalue weighted by Crippen LogP contribution is -2.51. The molecule has 3 heterocycles. The molecular weight excluding hydrogens is 785 g/mol. The number of likely N-dealkylation sites (tertiary alicyclic amines) is 1. The predicted molar refractivity (Wildman–Crippen MR) is 190 cm³/mol. The summed E-state index contributed by atoms with van der Waals surface area (Å²) in [6.45, 7) is 3.01. The van der Waals surface area contributed by atoms with Crippen molar-refractivity contribution in [2.45, 2.75) is 75.1 Å². The lowest BCUT2D eigenvalue weighted by Gasteiger charge is -2.35. The third-order valence-corrected chi connectivity index (χ3v) is 10.4. The molecule has 14 nitrogen and oxygen atoms in total. The van der Waals surface area contributed by atoms with Crippen LogP contribution in [0.25, 0.3) is 11.5 Å². The molecule has 3 aromatic carbocycles. The number of carbonyl (C=O) groups is 3. The fourth-order valence-corrected chi connectivity index (χ4v) is 7.85. The molecule has 0 saturated carbocycles. The van der Waals surface area contributed by atoms with Crippen molar-refractivity contribution in [1.82, 2.24) is 20.4 Å². The van der Waals surface area contributed by atoms with Crippen molar-refractivity contribution in [3.63, 3.8) is 0 Å². The second-order valence-corrected chi connectivity index (χ2v) is 16.4. The number of hydrogen-bond donors (Lipinski definition) is 1. The summed E-state index contributed by atoms with van der Waals surface area (Å²) < 4.78 is 116. The van der Waals surface area contributed by atoms with Gasteiger partial charge in [0.15, 0.2) is 9.84 Å². The van der Waals surface area contributed by atoms with Crippen molar-refractivity contribution < 1.29 is 63.4 Å². The fraction of sp³-hybridized carbons (Fsp3) is 0.378. The van der Waals surface area contributed by atoms with Crippen molar-refractivity contribution in [3.05, 3.63) is 89.8 Å². The van der Waals surface area contributed by atoms with Gasteiger partial charge in [-0.1, -0.05) is 42.5 Å². The van der Waals surface area contributed by atoms with Crippen molar-refractivity contribution >= 4 is 33.6 Å². The minimum absolute atomic E-state index is 0.0645. The monoisotopic (exact) mass is 821 g/mol. The molecule has 4 aromatic rings. The van der Waals surface area contributed by atoms with E-state index < -0.39 is 88.8 Å². The number of anilines is 1. The molecule has 2 atom stereocenters. The third-order valence-electron chi connectivity index (χ3n) is 8.63. The number of rotatable bonds is 8. The molecule has 0 aliphatic carbocycles. The number of carbonyl (C=O) groups excluding carboxylic acids is 3. The van der Waals surface area contributed by atoms with Crippen molar-refractivity contribution in [2.24, 2.45) is 0 Å². The van der Waals surface area contributed by atoms with E-state index in [9.17, 15) is 44.8 Å². The van der Waals surface area contributed by atoms with Gasteiger partial charge in [0.2, 0.25) is 11.8 Å². The first-order valence-corrected chi connectivity index (χ1v) is 19.0. The number of nitrogens with one attached hydrogen (secondary N) is 1. The van der Waals surface area contributed by atoms with E-state index in [0.29, 0.717) is 5.56 Å². The number of hydrogen-bond acceptors (Lipinski definition) is 11. The Morgan fingerprint density at radius 1 is 0.982 bits per heavy atom. The van der Waals surface area contributed by atoms with Crippen molar-refractivity contribution in [2.75, 3.05) is 23.7 Å². The molecule has 0 radical (unpaired) electrons. The van der Waals surface area contributed by atoms with Gasteiger partial charge in [-0.15, -0.1) is 23.4 Å². The second kappa shape index (κ2) is 15.6.